The molecule has 0 spiro atoms. The Hall–Kier alpha value is -2.18. The molecule has 1 atom stereocenters. The summed E-state index contributed by atoms with van der Waals surface area (Å²) in [5.41, 5.74) is 5.89. The van der Waals surface area contributed by atoms with Gasteiger partial charge in [-0.2, -0.15) is 0 Å². The van der Waals surface area contributed by atoms with Gasteiger partial charge in [0, 0.05) is 19.2 Å². The fourth-order valence-corrected chi connectivity index (χ4v) is 2.80. The van der Waals surface area contributed by atoms with Crippen LogP contribution in [0.1, 0.15) is 49.9 Å². The van der Waals surface area contributed by atoms with Gasteiger partial charge in [0.1, 0.15) is 12.0 Å². The molecule has 0 bridgehead atoms. The Morgan fingerprint density at radius 2 is 2.23 bits per heavy atom. The van der Waals surface area contributed by atoms with E-state index >= 15 is 0 Å². The average molecular weight is 306 g/mol. The first-order chi connectivity index (χ1) is 10.4. The lowest BCUT2D eigenvalue weighted by molar-refractivity contribution is -0.385. The van der Waals surface area contributed by atoms with Gasteiger partial charge in [-0.15, -0.1) is 0 Å². The molecule has 2 N–H and O–H groups in total. The largest absolute Gasteiger partial charge is 0.383 e. The van der Waals surface area contributed by atoms with Crippen LogP contribution in [0.5, 0.6) is 0 Å². The fraction of sp³-hybridized carbons (Fsp3) is 0.600. The van der Waals surface area contributed by atoms with Crippen LogP contribution in [0.4, 0.5) is 11.5 Å². The van der Waals surface area contributed by atoms with Gasteiger partial charge in [-0.1, -0.05) is 20.3 Å². The highest BCUT2D eigenvalue weighted by molar-refractivity contribution is 5.98. The first-order valence-corrected chi connectivity index (χ1v) is 7.55. The second-order valence-corrected chi connectivity index (χ2v) is 6.19. The van der Waals surface area contributed by atoms with Crippen molar-refractivity contribution in [1.82, 2.24) is 9.88 Å². The average Bonchev–Trinajstić information content (AvgIpc) is 2.69. The standard InChI is InChI=1S/C15H22N4O3/c1-3-15(2)5-4-7-18(8-6-15)14(20)12-9-11(19(21)22)10-17-13(12)16/h9-10H,3-8H2,1-2H3,(H2,16,17)/t15-/m1/s1. The second kappa shape index (κ2) is 6.29. The first kappa shape index (κ1) is 16.2. The van der Waals surface area contributed by atoms with Crippen LogP contribution < -0.4 is 5.73 Å². The molecule has 120 valence electrons. The van der Waals surface area contributed by atoms with Gasteiger partial charge >= 0.3 is 0 Å². The number of carbonyl (C=O) groups is 1. The number of nitrogens with zero attached hydrogens (tertiary/aromatic N) is 3. The van der Waals surface area contributed by atoms with Crippen LogP contribution in [0, 0.1) is 15.5 Å². The Morgan fingerprint density at radius 3 is 2.86 bits per heavy atom. The molecule has 0 aliphatic carbocycles. The van der Waals surface area contributed by atoms with Crippen molar-refractivity contribution < 1.29 is 9.72 Å². The minimum Gasteiger partial charge on any atom is -0.383 e. The van der Waals surface area contributed by atoms with E-state index in [0.29, 0.717) is 13.1 Å². The van der Waals surface area contributed by atoms with Gasteiger partial charge in [-0.25, -0.2) is 4.98 Å². The lowest BCUT2D eigenvalue weighted by Crippen LogP contribution is -2.33. The molecule has 0 saturated carbocycles. The summed E-state index contributed by atoms with van der Waals surface area (Å²) in [6.45, 7) is 5.70. The highest BCUT2D eigenvalue weighted by atomic mass is 16.6. The molecule has 0 radical (unpaired) electrons. The van der Waals surface area contributed by atoms with Gasteiger partial charge in [0.25, 0.3) is 11.6 Å². The van der Waals surface area contributed by atoms with E-state index in [0.717, 1.165) is 31.9 Å². The summed E-state index contributed by atoms with van der Waals surface area (Å²) in [5.74, 6) is -0.229. The van der Waals surface area contributed by atoms with Crippen molar-refractivity contribution in [1.29, 1.82) is 0 Å². The van der Waals surface area contributed by atoms with Crippen molar-refractivity contribution in [2.45, 2.75) is 39.5 Å². The molecule has 1 aromatic heterocycles. The van der Waals surface area contributed by atoms with Crippen molar-refractivity contribution in [3.05, 3.63) is 27.9 Å². The minimum atomic E-state index is -0.570. The number of amides is 1. The zero-order chi connectivity index (χ0) is 16.3. The SMILES string of the molecule is CC[C@]1(C)CCCN(C(=O)c2cc([N+](=O)[O-])cnc2N)CC1. The van der Waals surface area contributed by atoms with Gasteiger partial charge in [-0.3, -0.25) is 14.9 Å². The number of nitro groups is 1. The predicted molar refractivity (Wildman–Crippen MR) is 83.5 cm³/mol. The maximum Gasteiger partial charge on any atom is 0.288 e. The van der Waals surface area contributed by atoms with E-state index in [9.17, 15) is 14.9 Å². The van der Waals surface area contributed by atoms with Crippen LogP contribution in [0.25, 0.3) is 0 Å². The molecular weight excluding hydrogens is 284 g/mol. The molecule has 2 rings (SSSR count). The third-order valence-electron chi connectivity index (χ3n) is 4.68. The molecular formula is C15H22N4O3. The monoisotopic (exact) mass is 306 g/mol. The maximum atomic E-state index is 12.6. The van der Waals surface area contributed by atoms with Crippen molar-refractivity contribution in [2.75, 3.05) is 18.8 Å². The Bertz CT molecular complexity index is 590. The zero-order valence-electron chi connectivity index (χ0n) is 13.0. The summed E-state index contributed by atoms with van der Waals surface area (Å²) in [7, 11) is 0. The normalized spacial score (nSPS) is 22.2. The van der Waals surface area contributed by atoms with Gasteiger partial charge in [0.05, 0.1) is 10.5 Å². The molecule has 1 aliphatic rings. The van der Waals surface area contributed by atoms with E-state index in [1.165, 1.54) is 6.07 Å². The van der Waals surface area contributed by atoms with Crippen LogP contribution in [0.3, 0.4) is 0 Å². The van der Waals surface area contributed by atoms with Gasteiger partial charge in [0.15, 0.2) is 0 Å². The molecule has 1 fully saturated rings. The molecule has 0 unspecified atom stereocenters. The quantitative estimate of drug-likeness (QED) is 0.683. The van der Waals surface area contributed by atoms with E-state index in [-0.39, 0.29) is 28.4 Å². The van der Waals surface area contributed by atoms with Crippen molar-refractivity contribution in [3.8, 4) is 0 Å². The molecule has 1 amide bonds. The number of nitrogens with two attached hydrogens (primary N) is 1. The molecule has 0 aromatic carbocycles. The van der Waals surface area contributed by atoms with Crippen molar-refractivity contribution >= 4 is 17.4 Å². The molecule has 1 aromatic rings. The highest BCUT2D eigenvalue weighted by Crippen LogP contribution is 2.34. The first-order valence-electron chi connectivity index (χ1n) is 7.55. The predicted octanol–water partition coefficient (Wildman–Crippen LogP) is 2.61. The fourth-order valence-electron chi connectivity index (χ4n) is 2.80. The van der Waals surface area contributed by atoms with Crippen LogP contribution in [-0.4, -0.2) is 33.8 Å². The highest BCUT2D eigenvalue weighted by Gasteiger charge is 2.29. The number of aromatic nitrogens is 1. The van der Waals surface area contributed by atoms with Gasteiger partial charge in [-0.05, 0) is 24.7 Å². The molecule has 7 heteroatoms. The number of anilines is 1. The maximum absolute atomic E-state index is 12.6. The Kier molecular flexibility index (Phi) is 4.63. The van der Waals surface area contributed by atoms with Crippen molar-refractivity contribution in [3.63, 3.8) is 0 Å². The Labute approximate surface area is 129 Å². The number of rotatable bonds is 3. The van der Waals surface area contributed by atoms with Crippen LogP contribution >= 0.6 is 0 Å². The second-order valence-electron chi connectivity index (χ2n) is 6.19. The zero-order valence-corrected chi connectivity index (χ0v) is 13.0. The number of likely N-dealkylation sites (tertiary alicyclic amines) is 1. The summed E-state index contributed by atoms with van der Waals surface area (Å²) in [6, 6.07) is 1.22. The Balaban J connectivity index is 2.21. The number of nitrogen functional groups attached to an aromatic ring is 1. The minimum absolute atomic E-state index is 0.0399. The summed E-state index contributed by atoms with van der Waals surface area (Å²) >= 11 is 0. The third-order valence-corrected chi connectivity index (χ3v) is 4.68. The number of carbonyl (C=O) groups excluding carboxylic acids is 1. The van der Waals surface area contributed by atoms with Crippen molar-refractivity contribution in [2.24, 2.45) is 5.41 Å². The molecule has 1 saturated heterocycles. The number of hydrogen-bond acceptors (Lipinski definition) is 5. The van der Waals surface area contributed by atoms with Gasteiger partial charge in [0.2, 0.25) is 0 Å². The molecule has 1 aliphatic heterocycles. The van der Waals surface area contributed by atoms with Crippen LogP contribution in [0.15, 0.2) is 12.3 Å². The Morgan fingerprint density at radius 1 is 1.50 bits per heavy atom. The van der Waals surface area contributed by atoms with Gasteiger partial charge < -0.3 is 10.6 Å². The smallest absolute Gasteiger partial charge is 0.288 e. The van der Waals surface area contributed by atoms with E-state index in [4.69, 9.17) is 5.73 Å². The topological polar surface area (TPSA) is 102 Å². The van der Waals surface area contributed by atoms with Crippen LogP contribution in [0.2, 0.25) is 0 Å². The van der Waals surface area contributed by atoms with E-state index in [1.54, 1.807) is 4.90 Å². The molecule has 2 heterocycles. The molecule has 22 heavy (non-hydrogen) atoms. The third kappa shape index (κ3) is 3.35. The summed E-state index contributed by atoms with van der Waals surface area (Å²) in [6.07, 6.45) is 5.09. The number of pyridine rings is 1. The number of hydrogen-bond donors (Lipinski definition) is 1. The molecule has 7 nitrogen and oxygen atoms in total. The summed E-state index contributed by atoms with van der Waals surface area (Å²) < 4.78 is 0. The summed E-state index contributed by atoms with van der Waals surface area (Å²) in [4.78, 5) is 28.4. The van der Waals surface area contributed by atoms with E-state index in [1.807, 2.05) is 0 Å². The van der Waals surface area contributed by atoms with E-state index in [2.05, 4.69) is 18.8 Å². The van der Waals surface area contributed by atoms with Crippen LogP contribution in [-0.2, 0) is 0 Å². The lowest BCUT2D eigenvalue weighted by atomic mass is 9.80. The summed E-state index contributed by atoms with van der Waals surface area (Å²) in [5, 5.41) is 10.8. The lowest BCUT2D eigenvalue weighted by Gasteiger charge is -2.26. The van der Waals surface area contributed by atoms with E-state index < -0.39 is 4.92 Å².